The van der Waals surface area contributed by atoms with E-state index < -0.39 is 0 Å². The minimum Gasteiger partial charge on any atom is -0.312 e. The van der Waals surface area contributed by atoms with Crippen molar-refractivity contribution in [2.75, 3.05) is 0 Å². The summed E-state index contributed by atoms with van der Waals surface area (Å²) < 4.78 is 3.08. The van der Waals surface area contributed by atoms with Crippen LogP contribution in [0.15, 0.2) is 60.1 Å². The third-order valence-electron chi connectivity index (χ3n) is 3.45. The molecule has 0 atom stereocenters. The molecule has 0 aliphatic rings. The Morgan fingerprint density at radius 3 is 2.87 bits per heavy atom. The van der Waals surface area contributed by atoms with Crippen molar-refractivity contribution < 1.29 is 4.79 Å². The van der Waals surface area contributed by atoms with E-state index in [4.69, 9.17) is 11.6 Å². The summed E-state index contributed by atoms with van der Waals surface area (Å²) in [5.74, 6) is -0.336. The van der Waals surface area contributed by atoms with E-state index in [9.17, 15) is 4.79 Å². The van der Waals surface area contributed by atoms with Gasteiger partial charge in [-0.2, -0.15) is 4.99 Å². The van der Waals surface area contributed by atoms with Crippen LogP contribution in [-0.4, -0.2) is 10.5 Å². The van der Waals surface area contributed by atoms with E-state index >= 15 is 0 Å². The van der Waals surface area contributed by atoms with Gasteiger partial charge in [0.05, 0.1) is 20.8 Å². The molecule has 3 aromatic rings. The van der Waals surface area contributed by atoms with Crippen LogP contribution in [0.2, 0.25) is 5.02 Å². The topological polar surface area (TPSA) is 34.4 Å². The Morgan fingerprint density at radius 1 is 1.35 bits per heavy atom. The number of aromatic nitrogens is 1. The molecule has 0 bridgehead atoms. The van der Waals surface area contributed by atoms with Crippen LogP contribution in [0.4, 0.5) is 0 Å². The molecular weight excluding hydrogens is 328 g/mol. The monoisotopic (exact) mass is 342 g/mol. The summed E-state index contributed by atoms with van der Waals surface area (Å²) in [4.78, 5) is 17.4. The Balaban J connectivity index is 2.18. The van der Waals surface area contributed by atoms with Crippen molar-refractivity contribution in [2.45, 2.75) is 13.5 Å². The average molecular weight is 343 g/mol. The number of carbonyl (C=O) groups excluding carboxylic acids is 1. The van der Waals surface area contributed by atoms with Crippen LogP contribution in [-0.2, 0) is 6.54 Å². The molecule has 3 nitrogen and oxygen atoms in total. The molecule has 0 spiro atoms. The molecule has 0 fully saturated rings. The Kier molecular flexibility index (Phi) is 4.46. The summed E-state index contributed by atoms with van der Waals surface area (Å²) in [6, 6.07) is 13.1. The van der Waals surface area contributed by atoms with Crippen molar-refractivity contribution in [1.82, 2.24) is 4.57 Å². The highest BCUT2D eigenvalue weighted by molar-refractivity contribution is 7.16. The molecule has 1 aromatic heterocycles. The Bertz CT molecular complexity index is 969. The first kappa shape index (κ1) is 15.7. The third kappa shape index (κ3) is 3.14. The molecule has 0 saturated carbocycles. The van der Waals surface area contributed by atoms with Gasteiger partial charge in [0, 0.05) is 6.54 Å². The molecule has 1 amide bonds. The van der Waals surface area contributed by atoms with Gasteiger partial charge in [-0.1, -0.05) is 47.2 Å². The summed E-state index contributed by atoms with van der Waals surface area (Å²) in [6.45, 7) is 6.43. The minimum absolute atomic E-state index is 0.336. The van der Waals surface area contributed by atoms with E-state index in [0.29, 0.717) is 21.9 Å². The standard InChI is InChI=1S/C18H15ClN2OS/c1-3-10-21-15-9-8-12(2)11-16(15)23-18(21)20-17(22)13-6-4-5-7-14(13)19/h3-9,11H,1,10H2,2H3. The van der Waals surface area contributed by atoms with Gasteiger partial charge >= 0.3 is 0 Å². The molecule has 0 radical (unpaired) electrons. The van der Waals surface area contributed by atoms with Crippen LogP contribution in [0.3, 0.4) is 0 Å². The van der Waals surface area contributed by atoms with E-state index in [1.54, 1.807) is 30.3 Å². The number of amides is 1. The maximum atomic E-state index is 12.5. The van der Waals surface area contributed by atoms with Gasteiger partial charge < -0.3 is 4.57 Å². The van der Waals surface area contributed by atoms with Gasteiger partial charge in [0.2, 0.25) is 0 Å². The molecule has 23 heavy (non-hydrogen) atoms. The van der Waals surface area contributed by atoms with Crippen molar-refractivity contribution in [2.24, 2.45) is 4.99 Å². The first-order valence-corrected chi connectivity index (χ1v) is 8.34. The minimum atomic E-state index is -0.336. The van der Waals surface area contributed by atoms with Gasteiger partial charge in [0.1, 0.15) is 0 Å². The lowest BCUT2D eigenvalue weighted by Gasteiger charge is -2.01. The number of rotatable bonds is 3. The highest BCUT2D eigenvalue weighted by Gasteiger charge is 2.11. The van der Waals surface area contributed by atoms with Crippen LogP contribution >= 0.6 is 22.9 Å². The number of allylic oxidation sites excluding steroid dienone is 1. The number of hydrogen-bond donors (Lipinski definition) is 0. The number of hydrogen-bond acceptors (Lipinski definition) is 2. The molecule has 0 aliphatic carbocycles. The van der Waals surface area contributed by atoms with Gasteiger partial charge in [-0.25, -0.2) is 0 Å². The lowest BCUT2D eigenvalue weighted by Crippen LogP contribution is -2.16. The molecule has 0 unspecified atom stereocenters. The van der Waals surface area contributed by atoms with Gasteiger partial charge in [-0.15, -0.1) is 6.58 Å². The predicted molar refractivity (Wildman–Crippen MR) is 96.1 cm³/mol. The highest BCUT2D eigenvalue weighted by Crippen LogP contribution is 2.20. The number of halogens is 1. The lowest BCUT2D eigenvalue weighted by molar-refractivity contribution is 0.0998. The summed E-state index contributed by atoms with van der Waals surface area (Å²) >= 11 is 7.58. The molecule has 3 rings (SSSR count). The molecule has 0 N–H and O–H groups in total. The fraction of sp³-hybridized carbons (Fsp3) is 0.111. The molecule has 116 valence electrons. The van der Waals surface area contributed by atoms with Crippen molar-refractivity contribution in [3.05, 3.63) is 76.1 Å². The first-order chi connectivity index (χ1) is 11.1. The molecule has 5 heteroatoms. The van der Waals surface area contributed by atoms with Crippen molar-refractivity contribution >= 4 is 39.1 Å². The summed E-state index contributed by atoms with van der Waals surface area (Å²) in [5.41, 5.74) is 2.63. The normalized spacial score (nSPS) is 11.8. The number of nitrogens with zero attached hydrogens (tertiary/aromatic N) is 2. The van der Waals surface area contributed by atoms with Crippen LogP contribution in [0.1, 0.15) is 15.9 Å². The summed E-state index contributed by atoms with van der Waals surface area (Å²) in [7, 11) is 0. The van der Waals surface area contributed by atoms with Crippen molar-refractivity contribution in [3.63, 3.8) is 0 Å². The smallest absolute Gasteiger partial charge is 0.281 e. The maximum Gasteiger partial charge on any atom is 0.281 e. The third-order valence-corrected chi connectivity index (χ3v) is 4.82. The Hall–Kier alpha value is -2.17. The fourth-order valence-corrected chi connectivity index (χ4v) is 3.71. The molecule has 0 aliphatic heterocycles. The number of fused-ring (bicyclic) bond motifs is 1. The number of benzene rings is 2. The number of aryl methyl sites for hydroxylation is 1. The van der Waals surface area contributed by atoms with Crippen LogP contribution in [0.25, 0.3) is 10.2 Å². The highest BCUT2D eigenvalue weighted by atomic mass is 35.5. The predicted octanol–water partition coefficient (Wildman–Crippen LogP) is 4.59. The second kappa shape index (κ2) is 6.52. The second-order valence-corrected chi connectivity index (χ2v) is 6.57. The van der Waals surface area contributed by atoms with E-state index in [2.05, 4.69) is 17.6 Å². The zero-order chi connectivity index (χ0) is 16.4. The maximum absolute atomic E-state index is 12.5. The lowest BCUT2D eigenvalue weighted by atomic mass is 10.2. The largest absolute Gasteiger partial charge is 0.312 e. The molecule has 1 heterocycles. The molecular formula is C18H15ClN2OS. The summed E-state index contributed by atoms with van der Waals surface area (Å²) in [6.07, 6.45) is 1.80. The Morgan fingerprint density at radius 2 is 2.13 bits per heavy atom. The quantitative estimate of drug-likeness (QED) is 0.641. The van der Waals surface area contributed by atoms with Crippen molar-refractivity contribution in [1.29, 1.82) is 0 Å². The van der Waals surface area contributed by atoms with E-state index in [-0.39, 0.29) is 5.91 Å². The molecule has 0 saturated heterocycles. The van der Waals surface area contributed by atoms with Gasteiger partial charge in [0.25, 0.3) is 5.91 Å². The van der Waals surface area contributed by atoms with Gasteiger partial charge in [-0.05, 0) is 36.8 Å². The van der Waals surface area contributed by atoms with Gasteiger partial charge in [-0.3, -0.25) is 4.79 Å². The van der Waals surface area contributed by atoms with Gasteiger partial charge in [0.15, 0.2) is 4.80 Å². The fourth-order valence-electron chi connectivity index (χ4n) is 2.35. The summed E-state index contributed by atoms with van der Waals surface area (Å²) in [5, 5.41) is 0.411. The Labute approximate surface area is 143 Å². The van der Waals surface area contributed by atoms with Crippen LogP contribution in [0.5, 0.6) is 0 Å². The average Bonchev–Trinajstić information content (AvgIpc) is 2.84. The first-order valence-electron chi connectivity index (χ1n) is 7.14. The number of thiazole rings is 1. The zero-order valence-electron chi connectivity index (χ0n) is 12.6. The second-order valence-electron chi connectivity index (χ2n) is 5.15. The SMILES string of the molecule is C=CCn1c(=NC(=O)c2ccccc2Cl)sc2cc(C)ccc21. The van der Waals surface area contributed by atoms with E-state index in [1.807, 2.05) is 23.6 Å². The number of carbonyl (C=O) groups is 1. The van der Waals surface area contributed by atoms with E-state index in [1.165, 1.54) is 16.9 Å². The van der Waals surface area contributed by atoms with Crippen LogP contribution < -0.4 is 4.80 Å². The van der Waals surface area contributed by atoms with E-state index in [0.717, 1.165) is 10.2 Å². The van der Waals surface area contributed by atoms with Crippen molar-refractivity contribution in [3.8, 4) is 0 Å². The van der Waals surface area contributed by atoms with Crippen LogP contribution in [0, 0.1) is 6.92 Å². The zero-order valence-corrected chi connectivity index (χ0v) is 14.2. The molecule has 2 aromatic carbocycles.